The highest BCUT2D eigenvalue weighted by Gasteiger charge is 2.17. The van der Waals surface area contributed by atoms with Gasteiger partial charge in [0.05, 0.1) is 11.4 Å². The van der Waals surface area contributed by atoms with Crippen LogP contribution >= 0.6 is 0 Å². The Labute approximate surface area is 151 Å². The van der Waals surface area contributed by atoms with Crippen molar-refractivity contribution >= 4 is 5.91 Å². The van der Waals surface area contributed by atoms with Crippen molar-refractivity contribution in [3.63, 3.8) is 0 Å². The van der Waals surface area contributed by atoms with Crippen LogP contribution in [0.15, 0.2) is 48.5 Å². The van der Waals surface area contributed by atoms with E-state index in [-0.39, 0.29) is 12.7 Å². The fourth-order valence-corrected chi connectivity index (χ4v) is 3.06. The number of nitrogens with one attached hydrogen (secondary N) is 1. The van der Waals surface area contributed by atoms with E-state index in [0.717, 1.165) is 22.6 Å². The second-order valence-electron chi connectivity index (χ2n) is 6.15. The van der Waals surface area contributed by atoms with Crippen LogP contribution in [0.25, 0.3) is 5.69 Å². The van der Waals surface area contributed by atoms with Gasteiger partial charge in [-0.1, -0.05) is 18.2 Å². The molecule has 0 unspecified atom stereocenters. The zero-order chi connectivity index (χ0) is 18.1. The number of carbonyl (C=O) groups excluding carboxylic acids is 1. The number of nitrogens with zero attached hydrogens (tertiary/aromatic N) is 2. The van der Waals surface area contributed by atoms with Crippen molar-refractivity contribution in [2.45, 2.75) is 20.4 Å². The van der Waals surface area contributed by atoms with Crippen molar-refractivity contribution in [2.75, 3.05) is 6.79 Å². The molecule has 0 fully saturated rings. The minimum absolute atomic E-state index is 0.158. The first kappa shape index (κ1) is 16.2. The smallest absolute Gasteiger partial charge is 0.251 e. The molecule has 0 spiro atoms. The third kappa shape index (κ3) is 2.90. The molecular weight excluding hydrogens is 330 g/mol. The first-order valence-corrected chi connectivity index (χ1v) is 8.42. The molecule has 0 saturated carbocycles. The van der Waals surface area contributed by atoms with Crippen LogP contribution in [0.5, 0.6) is 11.5 Å². The lowest BCUT2D eigenvalue weighted by Gasteiger charge is -2.08. The Morgan fingerprint density at radius 1 is 1.12 bits per heavy atom. The van der Waals surface area contributed by atoms with Gasteiger partial charge in [-0.25, -0.2) is 4.68 Å². The van der Waals surface area contributed by atoms with Crippen molar-refractivity contribution in [1.82, 2.24) is 15.1 Å². The van der Waals surface area contributed by atoms with Crippen LogP contribution in [0, 0.1) is 13.8 Å². The Bertz CT molecular complexity index is 964. The summed E-state index contributed by atoms with van der Waals surface area (Å²) >= 11 is 0. The number of hydrogen-bond donors (Lipinski definition) is 1. The fraction of sp³-hybridized carbons (Fsp3) is 0.200. The van der Waals surface area contributed by atoms with Gasteiger partial charge < -0.3 is 14.8 Å². The predicted molar refractivity (Wildman–Crippen MR) is 96.8 cm³/mol. The molecule has 132 valence electrons. The molecule has 1 aliphatic rings. The van der Waals surface area contributed by atoms with E-state index in [0.29, 0.717) is 23.6 Å². The standard InChI is InChI=1S/C20H19N3O3/c1-13-17(14(2)23(22-13)16-6-4-3-5-7-16)11-21-20(24)15-8-9-18-19(10-15)26-12-25-18/h3-10H,11-12H2,1-2H3,(H,21,24). The van der Waals surface area contributed by atoms with E-state index in [9.17, 15) is 4.79 Å². The lowest BCUT2D eigenvalue weighted by Crippen LogP contribution is -2.23. The van der Waals surface area contributed by atoms with Crippen LogP contribution in [0.2, 0.25) is 0 Å². The van der Waals surface area contributed by atoms with Crippen molar-refractivity contribution in [3.8, 4) is 17.2 Å². The maximum absolute atomic E-state index is 12.5. The van der Waals surface area contributed by atoms with E-state index in [1.807, 2.05) is 48.9 Å². The Hall–Kier alpha value is -3.28. The molecule has 0 aliphatic carbocycles. The van der Waals surface area contributed by atoms with E-state index in [2.05, 4.69) is 10.4 Å². The van der Waals surface area contributed by atoms with Gasteiger partial charge in [0.1, 0.15) is 0 Å². The third-order valence-corrected chi connectivity index (χ3v) is 4.50. The highest BCUT2D eigenvalue weighted by Crippen LogP contribution is 2.32. The van der Waals surface area contributed by atoms with Crippen LogP contribution in [0.1, 0.15) is 27.3 Å². The summed E-state index contributed by atoms with van der Waals surface area (Å²) in [5.74, 6) is 1.11. The topological polar surface area (TPSA) is 65.4 Å². The summed E-state index contributed by atoms with van der Waals surface area (Å²) in [6.45, 7) is 4.57. The monoisotopic (exact) mass is 349 g/mol. The summed E-state index contributed by atoms with van der Waals surface area (Å²) in [6, 6.07) is 15.1. The van der Waals surface area contributed by atoms with Crippen LogP contribution in [-0.2, 0) is 6.54 Å². The van der Waals surface area contributed by atoms with Crippen molar-refractivity contribution < 1.29 is 14.3 Å². The lowest BCUT2D eigenvalue weighted by molar-refractivity contribution is 0.0950. The number of amides is 1. The molecule has 0 saturated heterocycles. The fourth-order valence-electron chi connectivity index (χ4n) is 3.06. The van der Waals surface area contributed by atoms with Crippen LogP contribution < -0.4 is 14.8 Å². The Balaban J connectivity index is 1.51. The summed E-state index contributed by atoms with van der Waals surface area (Å²) in [7, 11) is 0. The minimum atomic E-state index is -0.158. The van der Waals surface area contributed by atoms with Gasteiger partial charge in [-0.3, -0.25) is 4.79 Å². The molecule has 1 amide bonds. The average molecular weight is 349 g/mol. The third-order valence-electron chi connectivity index (χ3n) is 4.50. The normalized spacial score (nSPS) is 12.2. The molecule has 0 radical (unpaired) electrons. The van der Waals surface area contributed by atoms with Gasteiger partial charge in [-0.2, -0.15) is 5.10 Å². The Morgan fingerprint density at radius 3 is 2.69 bits per heavy atom. The SMILES string of the molecule is Cc1nn(-c2ccccc2)c(C)c1CNC(=O)c1ccc2c(c1)OCO2. The quantitative estimate of drug-likeness (QED) is 0.786. The summed E-state index contributed by atoms with van der Waals surface area (Å²) in [4.78, 5) is 12.5. The highest BCUT2D eigenvalue weighted by atomic mass is 16.7. The number of aryl methyl sites for hydroxylation is 1. The molecule has 4 rings (SSSR count). The van der Waals surface area contributed by atoms with Crippen molar-refractivity contribution in [3.05, 3.63) is 71.0 Å². The number of fused-ring (bicyclic) bond motifs is 1. The van der Waals surface area contributed by atoms with Crippen LogP contribution in [0.3, 0.4) is 0 Å². The van der Waals surface area contributed by atoms with Gasteiger partial charge in [0, 0.05) is 23.4 Å². The molecule has 6 heteroatoms. The largest absolute Gasteiger partial charge is 0.454 e. The van der Waals surface area contributed by atoms with Crippen molar-refractivity contribution in [2.24, 2.45) is 0 Å². The van der Waals surface area contributed by atoms with Gasteiger partial charge >= 0.3 is 0 Å². The molecule has 26 heavy (non-hydrogen) atoms. The molecule has 3 aromatic rings. The Morgan fingerprint density at radius 2 is 1.88 bits per heavy atom. The molecule has 6 nitrogen and oxygen atoms in total. The van der Waals surface area contributed by atoms with Gasteiger partial charge in [0.2, 0.25) is 6.79 Å². The zero-order valence-corrected chi connectivity index (χ0v) is 14.7. The van der Waals surface area contributed by atoms with Crippen molar-refractivity contribution in [1.29, 1.82) is 0 Å². The first-order valence-electron chi connectivity index (χ1n) is 8.42. The second kappa shape index (κ2) is 6.55. The van der Waals surface area contributed by atoms with E-state index >= 15 is 0 Å². The van der Waals surface area contributed by atoms with E-state index in [1.54, 1.807) is 18.2 Å². The number of rotatable bonds is 4. The van der Waals surface area contributed by atoms with E-state index < -0.39 is 0 Å². The molecule has 1 aliphatic heterocycles. The van der Waals surface area contributed by atoms with Gasteiger partial charge in [-0.15, -0.1) is 0 Å². The molecule has 1 aromatic heterocycles. The zero-order valence-electron chi connectivity index (χ0n) is 14.7. The number of para-hydroxylation sites is 1. The average Bonchev–Trinajstić information content (AvgIpc) is 3.24. The summed E-state index contributed by atoms with van der Waals surface area (Å²) in [5.41, 5.74) is 4.47. The maximum Gasteiger partial charge on any atom is 0.251 e. The van der Waals surface area contributed by atoms with Crippen LogP contribution in [0.4, 0.5) is 0 Å². The molecule has 0 atom stereocenters. The lowest BCUT2D eigenvalue weighted by atomic mass is 10.1. The number of carbonyl (C=O) groups is 1. The summed E-state index contributed by atoms with van der Waals surface area (Å²) < 4.78 is 12.5. The minimum Gasteiger partial charge on any atom is -0.454 e. The predicted octanol–water partition coefficient (Wildman–Crippen LogP) is 3.15. The molecule has 1 N–H and O–H groups in total. The first-order chi connectivity index (χ1) is 12.6. The molecule has 0 bridgehead atoms. The van der Waals surface area contributed by atoms with E-state index in [1.165, 1.54) is 0 Å². The summed E-state index contributed by atoms with van der Waals surface area (Å²) in [5, 5.41) is 7.57. The van der Waals surface area contributed by atoms with Gasteiger partial charge in [0.25, 0.3) is 5.91 Å². The summed E-state index contributed by atoms with van der Waals surface area (Å²) in [6.07, 6.45) is 0. The van der Waals surface area contributed by atoms with Gasteiger partial charge in [-0.05, 0) is 44.2 Å². The molecular formula is C20H19N3O3. The molecule has 2 aromatic carbocycles. The van der Waals surface area contributed by atoms with E-state index in [4.69, 9.17) is 9.47 Å². The number of hydrogen-bond acceptors (Lipinski definition) is 4. The highest BCUT2D eigenvalue weighted by molar-refractivity contribution is 5.94. The number of ether oxygens (including phenoxy) is 2. The van der Waals surface area contributed by atoms with Gasteiger partial charge in [0.15, 0.2) is 11.5 Å². The molecule has 2 heterocycles. The number of benzene rings is 2. The Kier molecular flexibility index (Phi) is 4.08. The second-order valence-corrected chi connectivity index (χ2v) is 6.15. The maximum atomic E-state index is 12.5. The van der Waals surface area contributed by atoms with Crippen LogP contribution in [-0.4, -0.2) is 22.5 Å². The number of aromatic nitrogens is 2.